The quantitative estimate of drug-likeness (QED) is 0.508. The molecular formula is C13H15BN2O5Si. The summed E-state index contributed by atoms with van der Waals surface area (Å²) in [6.45, 7) is 0.0787. The maximum atomic E-state index is 11.7. The Labute approximate surface area is 130 Å². The van der Waals surface area contributed by atoms with E-state index in [9.17, 15) is 14.1 Å². The van der Waals surface area contributed by atoms with E-state index in [0.717, 1.165) is 5.56 Å². The number of hydrogen-bond acceptors (Lipinski definition) is 6. The molecule has 0 amide bonds. The van der Waals surface area contributed by atoms with E-state index in [1.54, 1.807) is 25.4 Å². The lowest BCUT2D eigenvalue weighted by molar-refractivity contribution is -0.145. The predicted octanol–water partition coefficient (Wildman–Crippen LogP) is -1.28. The van der Waals surface area contributed by atoms with Crippen LogP contribution < -0.4 is 5.46 Å². The van der Waals surface area contributed by atoms with Crippen LogP contribution >= 0.6 is 0 Å². The van der Waals surface area contributed by atoms with Gasteiger partial charge in [0.05, 0.1) is 13.1 Å². The van der Waals surface area contributed by atoms with E-state index in [2.05, 4.69) is 4.66 Å². The van der Waals surface area contributed by atoms with Gasteiger partial charge in [0.25, 0.3) is 0 Å². The molecule has 0 spiro atoms. The topological polar surface area (TPSA) is 85.3 Å². The van der Waals surface area contributed by atoms with Crippen molar-refractivity contribution in [1.29, 1.82) is 0 Å². The van der Waals surface area contributed by atoms with Gasteiger partial charge in [-0.3, -0.25) is 19.1 Å². The molecule has 0 aliphatic carbocycles. The van der Waals surface area contributed by atoms with Gasteiger partial charge < -0.3 is 13.8 Å². The largest absolute Gasteiger partial charge is 0.636 e. The summed E-state index contributed by atoms with van der Waals surface area (Å²) >= 11 is 0. The van der Waals surface area contributed by atoms with Crippen LogP contribution in [-0.2, 0) is 29.8 Å². The first kappa shape index (κ1) is 16.2. The van der Waals surface area contributed by atoms with Gasteiger partial charge in [0.1, 0.15) is 0 Å². The molecule has 1 saturated heterocycles. The van der Waals surface area contributed by atoms with E-state index in [1.165, 1.54) is 4.90 Å². The molecule has 1 fully saturated rings. The summed E-state index contributed by atoms with van der Waals surface area (Å²) in [6.07, 6.45) is 2.15. The molecule has 1 heterocycles. The van der Waals surface area contributed by atoms with Gasteiger partial charge in [-0.1, -0.05) is 24.3 Å². The number of benzene rings is 1. The Morgan fingerprint density at radius 3 is 2.36 bits per heavy atom. The van der Waals surface area contributed by atoms with E-state index >= 15 is 0 Å². The molecule has 1 aliphatic rings. The van der Waals surface area contributed by atoms with Gasteiger partial charge in [0.2, 0.25) is 0 Å². The van der Waals surface area contributed by atoms with Gasteiger partial charge in [-0.25, -0.2) is 0 Å². The molecule has 0 N–H and O–H groups in total. The van der Waals surface area contributed by atoms with Crippen molar-refractivity contribution in [2.45, 2.75) is 6.42 Å². The van der Waals surface area contributed by atoms with Crippen LogP contribution in [0.1, 0.15) is 5.56 Å². The lowest BCUT2D eigenvalue weighted by Gasteiger charge is -2.22. The summed E-state index contributed by atoms with van der Waals surface area (Å²) < 4.78 is 24.3. The van der Waals surface area contributed by atoms with E-state index in [-0.39, 0.29) is 13.1 Å². The zero-order valence-corrected chi connectivity index (χ0v) is 13.3. The molecule has 9 heteroatoms. The maximum absolute atomic E-state index is 11.7. The highest BCUT2D eigenvalue weighted by molar-refractivity contribution is 6.64. The second-order valence-electron chi connectivity index (χ2n) is 4.87. The van der Waals surface area contributed by atoms with Crippen LogP contribution in [0.3, 0.4) is 0 Å². The fourth-order valence-electron chi connectivity index (χ4n) is 1.98. The van der Waals surface area contributed by atoms with Gasteiger partial charge in [-0.2, -0.15) is 0 Å². The minimum absolute atomic E-state index is 0.0394. The Morgan fingerprint density at radius 1 is 1.23 bits per heavy atom. The molecular weight excluding hydrogens is 303 g/mol. The van der Waals surface area contributed by atoms with E-state index in [0.29, 0.717) is 11.9 Å². The van der Waals surface area contributed by atoms with Gasteiger partial charge in [0, 0.05) is 18.1 Å². The number of carbonyl (C=O) groups excluding carboxylic acids is 2. The first-order valence-electron chi connectivity index (χ1n) is 6.70. The van der Waals surface area contributed by atoms with Crippen molar-refractivity contribution < 1.29 is 23.4 Å². The minimum Gasteiger partial charge on any atom is -0.494 e. The van der Waals surface area contributed by atoms with Crippen LogP contribution in [0.4, 0.5) is 0 Å². The zero-order chi connectivity index (χ0) is 15.9. The highest BCUT2D eigenvalue weighted by Crippen LogP contribution is 2.03. The summed E-state index contributed by atoms with van der Waals surface area (Å²) in [6, 6.07) is 7.08. The van der Waals surface area contributed by atoms with Gasteiger partial charge in [-0.15, -0.1) is 0 Å². The molecule has 2 rings (SSSR count). The molecule has 0 unspecified atom stereocenters. The van der Waals surface area contributed by atoms with Crippen molar-refractivity contribution in [3.8, 4) is 0 Å². The molecule has 7 nitrogen and oxygen atoms in total. The highest BCUT2D eigenvalue weighted by Gasteiger charge is 2.33. The number of carbonyl (C=O) groups is 2. The van der Waals surface area contributed by atoms with Crippen molar-refractivity contribution in [3.05, 3.63) is 29.8 Å². The summed E-state index contributed by atoms with van der Waals surface area (Å²) in [4.78, 5) is 24.9. The average Bonchev–Trinajstić information content (AvgIpc) is 2.46. The molecule has 0 atom stereocenters. The third kappa shape index (κ3) is 4.71. The highest BCUT2D eigenvalue weighted by atomic mass is 28.2. The second kappa shape index (κ2) is 7.76. The van der Waals surface area contributed by atoms with Crippen molar-refractivity contribution >= 4 is 40.3 Å². The summed E-state index contributed by atoms with van der Waals surface area (Å²) in [5.41, 5.74) is 1.55. The van der Waals surface area contributed by atoms with Crippen molar-refractivity contribution in [1.82, 2.24) is 4.90 Å². The Balaban J connectivity index is 2.08. The number of nitrogens with zero attached hydrogens (tertiary/aromatic N) is 2. The van der Waals surface area contributed by atoms with Crippen LogP contribution in [0, 0.1) is 0 Å². The van der Waals surface area contributed by atoms with Crippen molar-refractivity contribution in [2.75, 3.05) is 20.1 Å². The Bertz CT molecular complexity index is 573. The number of hydrogen-bond donors (Lipinski definition) is 0. The number of likely N-dealkylation sites (N-methyl/N-ethyl adjacent to an activating group) is 1. The van der Waals surface area contributed by atoms with Crippen LogP contribution in [0.25, 0.3) is 0 Å². The van der Waals surface area contributed by atoms with Crippen LogP contribution in [0.2, 0.25) is 0 Å². The monoisotopic (exact) mass is 318 g/mol. The third-order valence-corrected chi connectivity index (χ3v) is 3.35. The molecule has 114 valence electrons. The Hall–Kier alpha value is -2.13. The van der Waals surface area contributed by atoms with Crippen molar-refractivity contribution in [3.63, 3.8) is 0 Å². The normalized spacial score (nSPS) is 16.9. The first-order valence-corrected chi connectivity index (χ1v) is 7.69. The molecule has 1 aromatic rings. The SMILES string of the molecule is CN1CC(=O)OB(c2ccc(CC=N[SiH]=O)cc2)OC(=O)C1. The van der Waals surface area contributed by atoms with Gasteiger partial charge >= 0.3 is 28.6 Å². The van der Waals surface area contributed by atoms with Crippen molar-refractivity contribution in [2.24, 2.45) is 4.66 Å². The summed E-state index contributed by atoms with van der Waals surface area (Å²) in [7, 11) is -0.507. The third-order valence-electron chi connectivity index (χ3n) is 3.02. The summed E-state index contributed by atoms with van der Waals surface area (Å²) in [5.74, 6) is -0.899. The molecule has 0 bridgehead atoms. The minimum atomic E-state index is -1.12. The number of rotatable bonds is 4. The Morgan fingerprint density at radius 2 is 1.82 bits per heavy atom. The molecule has 1 aromatic carbocycles. The standard InChI is InChI=1S/C13H15BN2O5Si/c1-16-8-12(17)20-14(21-13(18)9-16)11-4-2-10(3-5-11)6-7-15-22-19/h2-5,7,22H,6,8-9H2,1H3. The molecule has 22 heavy (non-hydrogen) atoms. The Kier molecular flexibility index (Phi) is 5.73. The second-order valence-corrected chi connectivity index (χ2v) is 5.38. The van der Waals surface area contributed by atoms with Crippen LogP contribution in [-0.4, -0.2) is 59.9 Å². The zero-order valence-electron chi connectivity index (χ0n) is 12.1. The van der Waals surface area contributed by atoms with Crippen LogP contribution in [0.5, 0.6) is 0 Å². The average molecular weight is 318 g/mol. The van der Waals surface area contributed by atoms with Gasteiger partial charge in [0.15, 0.2) is 0 Å². The summed E-state index contributed by atoms with van der Waals surface area (Å²) in [5, 5.41) is 0. The fourth-order valence-corrected chi connectivity index (χ4v) is 2.17. The maximum Gasteiger partial charge on any atom is 0.636 e. The lowest BCUT2D eigenvalue weighted by Crippen LogP contribution is -2.47. The molecule has 0 aromatic heterocycles. The fraction of sp³-hybridized carbons (Fsp3) is 0.308. The van der Waals surface area contributed by atoms with Crippen LogP contribution in [0.15, 0.2) is 28.9 Å². The lowest BCUT2D eigenvalue weighted by atomic mass is 9.78. The molecule has 0 saturated carbocycles. The first-order chi connectivity index (χ1) is 10.6. The van der Waals surface area contributed by atoms with E-state index < -0.39 is 28.6 Å². The molecule has 0 radical (unpaired) electrons. The van der Waals surface area contributed by atoms with Gasteiger partial charge in [-0.05, 0) is 12.6 Å². The molecule has 1 aliphatic heterocycles. The van der Waals surface area contributed by atoms with E-state index in [1.807, 2.05) is 12.1 Å². The predicted molar refractivity (Wildman–Crippen MR) is 81.5 cm³/mol. The smallest absolute Gasteiger partial charge is 0.494 e. The van der Waals surface area contributed by atoms with E-state index in [4.69, 9.17) is 9.31 Å².